The second-order valence-corrected chi connectivity index (χ2v) is 8.22. The smallest absolute Gasteiger partial charge is 1.00 e. The number of halogens is 2. The van der Waals surface area contributed by atoms with Crippen LogP contribution in [0, 0.1) is 28.6 Å². The number of carbonyl (C=O) groups is 1. The molecule has 0 saturated heterocycles. The topological polar surface area (TPSA) is 59.3 Å². The second kappa shape index (κ2) is 10.0. The molecule has 1 aliphatic rings. The van der Waals surface area contributed by atoms with Gasteiger partial charge in [-0.15, -0.1) is 0 Å². The molecule has 4 nitrogen and oxygen atoms in total. The summed E-state index contributed by atoms with van der Waals surface area (Å²) in [6, 6.07) is 18.3. The van der Waals surface area contributed by atoms with E-state index in [9.17, 15) is 10.1 Å². The third-order valence-electron chi connectivity index (χ3n) is 4.96. The molecule has 0 N–H and O–H groups in total. The van der Waals surface area contributed by atoms with E-state index >= 15 is 0 Å². The molecular formula is C22H20Cl2NNaO3. The molecule has 3 atom stereocenters. The fourth-order valence-electron chi connectivity index (χ4n) is 3.30. The average Bonchev–Trinajstić information content (AvgIpc) is 3.20. The monoisotopic (exact) mass is 439 g/mol. The van der Waals surface area contributed by atoms with E-state index in [0.717, 1.165) is 0 Å². The SMILES string of the molecule is CC1(C)C(C=C(Cl)Cl)C1C(=O)OC(C#N)c1cccc(Oc2ccccc2)c1.[H-].[Na+]. The Kier molecular flexibility index (Phi) is 8.22. The number of hydrogen-bond acceptors (Lipinski definition) is 4. The van der Waals surface area contributed by atoms with E-state index < -0.39 is 12.1 Å². The second-order valence-electron chi connectivity index (χ2n) is 7.21. The van der Waals surface area contributed by atoms with Crippen LogP contribution in [0.5, 0.6) is 11.5 Å². The van der Waals surface area contributed by atoms with Gasteiger partial charge in [0, 0.05) is 5.56 Å². The van der Waals surface area contributed by atoms with Crippen molar-refractivity contribution >= 4 is 29.2 Å². The molecule has 1 fully saturated rings. The van der Waals surface area contributed by atoms with E-state index in [0.29, 0.717) is 17.1 Å². The van der Waals surface area contributed by atoms with Gasteiger partial charge in [-0.2, -0.15) is 5.26 Å². The Morgan fingerprint density at radius 2 is 1.83 bits per heavy atom. The normalized spacial score (nSPS) is 19.7. The summed E-state index contributed by atoms with van der Waals surface area (Å²) in [5.41, 5.74) is 0.231. The number of para-hydroxylation sites is 1. The zero-order valence-corrected chi connectivity index (χ0v) is 19.9. The van der Waals surface area contributed by atoms with Crippen molar-refractivity contribution in [1.29, 1.82) is 5.26 Å². The van der Waals surface area contributed by atoms with Crippen LogP contribution in [0.25, 0.3) is 0 Å². The van der Waals surface area contributed by atoms with Gasteiger partial charge in [-0.3, -0.25) is 4.79 Å². The van der Waals surface area contributed by atoms with Crippen LogP contribution >= 0.6 is 23.2 Å². The molecule has 146 valence electrons. The largest absolute Gasteiger partial charge is 1.00 e. The number of nitrogens with zero attached hydrogens (tertiary/aromatic N) is 1. The van der Waals surface area contributed by atoms with E-state index in [-0.39, 0.29) is 52.7 Å². The third-order valence-corrected chi connectivity index (χ3v) is 5.21. The number of benzene rings is 2. The fraction of sp³-hybridized carbons (Fsp3) is 0.273. The Bertz CT molecular complexity index is 943. The number of carbonyl (C=O) groups excluding carboxylic acids is 1. The first-order valence-electron chi connectivity index (χ1n) is 8.78. The summed E-state index contributed by atoms with van der Waals surface area (Å²) in [4.78, 5) is 12.6. The van der Waals surface area contributed by atoms with Crippen LogP contribution in [0.1, 0.15) is 26.9 Å². The van der Waals surface area contributed by atoms with Crippen molar-refractivity contribution in [3.63, 3.8) is 0 Å². The maximum atomic E-state index is 12.6. The van der Waals surface area contributed by atoms with Crippen LogP contribution in [0.4, 0.5) is 0 Å². The van der Waals surface area contributed by atoms with Crippen molar-refractivity contribution < 1.29 is 45.3 Å². The molecule has 7 heteroatoms. The van der Waals surface area contributed by atoms with Gasteiger partial charge in [0.1, 0.15) is 22.1 Å². The Hall–Kier alpha value is -1.48. The summed E-state index contributed by atoms with van der Waals surface area (Å²) in [5, 5.41) is 9.53. The first kappa shape index (κ1) is 23.8. The van der Waals surface area contributed by atoms with Crippen LogP contribution in [0.2, 0.25) is 0 Å². The van der Waals surface area contributed by atoms with Gasteiger partial charge in [-0.25, -0.2) is 0 Å². The molecule has 0 bridgehead atoms. The average molecular weight is 440 g/mol. The Balaban J connectivity index is 0.00000225. The van der Waals surface area contributed by atoms with Gasteiger partial charge >= 0.3 is 35.5 Å². The van der Waals surface area contributed by atoms with E-state index in [1.807, 2.05) is 50.2 Å². The molecule has 3 rings (SSSR count). The molecule has 3 unspecified atom stereocenters. The van der Waals surface area contributed by atoms with Crippen LogP contribution < -0.4 is 34.3 Å². The van der Waals surface area contributed by atoms with Crippen molar-refractivity contribution in [2.24, 2.45) is 17.3 Å². The molecule has 1 saturated carbocycles. The first-order valence-corrected chi connectivity index (χ1v) is 9.54. The maximum Gasteiger partial charge on any atom is 1.00 e. The standard InChI is InChI=1S/C22H19Cl2NO3.Na.H/c1-22(2)17(12-19(23)24)20(22)21(26)28-18(13-25)14-7-6-10-16(11-14)27-15-8-4-3-5-9-15;;/h3-12,17-18,20H,1-2H3;;/q;+1;-1. The van der Waals surface area contributed by atoms with Gasteiger partial charge in [0.15, 0.2) is 0 Å². The molecule has 0 aliphatic heterocycles. The predicted molar refractivity (Wildman–Crippen MR) is 109 cm³/mol. The van der Waals surface area contributed by atoms with E-state index in [1.165, 1.54) is 0 Å². The molecule has 1 aliphatic carbocycles. The quantitative estimate of drug-likeness (QED) is 0.511. The molecule has 0 amide bonds. The summed E-state index contributed by atoms with van der Waals surface area (Å²) in [6.45, 7) is 3.87. The summed E-state index contributed by atoms with van der Waals surface area (Å²) in [7, 11) is 0. The zero-order chi connectivity index (χ0) is 20.3. The molecule has 0 aromatic heterocycles. The predicted octanol–water partition coefficient (Wildman–Crippen LogP) is 3.29. The van der Waals surface area contributed by atoms with Gasteiger partial charge in [0.2, 0.25) is 6.10 Å². The number of ether oxygens (including phenoxy) is 2. The zero-order valence-electron chi connectivity index (χ0n) is 17.4. The summed E-state index contributed by atoms with van der Waals surface area (Å²) in [6.07, 6.45) is 0.615. The summed E-state index contributed by atoms with van der Waals surface area (Å²) >= 11 is 11.5. The number of nitriles is 1. The van der Waals surface area contributed by atoms with Gasteiger partial charge in [0.05, 0.1) is 5.92 Å². The van der Waals surface area contributed by atoms with Crippen molar-refractivity contribution in [1.82, 2.24) is 0 Å². The fourth-order valence-corrected chi connectivity index (χ4v) is 3.57. The van der Waals surface area contributed by atoms with Crippen molar-refractivity contribution in [3.05, 3.63) is 70.7 Å². The minimum absolute atomic E-state index is 0. The van der Waals surface area contributed by atoms with Gasteiger partial charge < -0.3 is 10.9 Å². The summed E-state index contributed by atoms with van der Waals surface area (Å²) < 4.78 is 11.4. The van der Waals surface area contributed by atoms with Gasteiger partial charge in [0.25, 0.3) is 0 Å². The summed E-state index contributed by atoms with van der Waals surface area (Å²) in [5.74, 6) is 0.289. The Morgan fingerprint density at radius 1 is 1.17 bits per heavy atom. The minimum atomic E-state index is -1.03. The van der Waals surface area contributed by atoms with Crippen LogP contribution in [-0.2, 0) is 9.53 Å². The van der Waals surface area contributed by atoms with E-state index in [2.05, 4.69) is 0 Å². The third kappa shape index (κ3) is 5.78. The minimum Gasteiger partial charge on any atom is -1.00 e. The molecule has 0 radical (unpaired) electrons. The molecule has 0 spiro atoms. The molecule has 2 aromatic rings. The Morgan fingerprint density at radius 3 is 2.45 bits per heavy atom. The van der Waals surface area contributed by atoms with Crippen molar-refractivity contribution in [3.8, 4) is 17.6 Å². The van der Waals surface area contributed by atoms with Crippen LogP contribution in [0.3, 0.4) is 0 Å². The van der Waals surface area contributed by atoms with Gasteiger partial charge in [-0.1, -0.05) is 67.4 Å². The molecule has 29 heavy (non-hydrogen) atoms. The number of esters is 1. The van der Waals surface area contributed by atoms with Crippen LogP contribution in [0.15, 0.2) is 65.2 Å². The number of allylic oxidation sites excluding steroid dienone is 1. The molecular weight excluding hydrogens is 420 g/mol. The maximum absolute atomic E-state index is 12.6. The van der Waals surface area contributed by atoms with E-state index in [4.69, 9.17) is 32.7 Å². The van der Waals surface area contributed by atoms with Crippen molar-refractivity contribution in [2.75, 3.05) is 0 Å². The molecule has 0 heterocycles. The Labute approximate surface area is 204 Å². The number of hydrogen-bond donors (Lipinski definition) is 0. The van der Waals surface area contributed by atoms with Gasteiger partial charge in [-0.05, 0) is 41.7 Å². The molecule has 2 aromatic carbocycles. The van der Waals surface area contributed by atoms with E-state index in [1.54, 1.807) is 30.3 Å². The van der Waals surface area contributed by atoms with Crippen molar-refractivity contribution in [2.45, 2.75) is 20.0 Å². The number of rotatable bonds is 6. The first-order chi connectivity index (χ1) is 13.3. The van der Waals surface area contributed by atoms with Crippen LogP contribution in [-0.4, -0.2) is 5.97 Å².